The molecule has 1 heterocycles. The fraction of sp³-hybridized carbons (Fsp3) is 0.391. The molecule has 0 bridgehead atoms. The van der Waals surface area contributed by atoms with Crippen molar-refractivity contribution < 1.29 is 32.2 Å². The minimum Gasteiger partial charge on any atom is -0.493 e. The van der Waals surface area contributed by atoms with E-state index in [-0.39, 0.29) is 17.9 Å². The summed E-state index contributed by atoms with van der Waals surface area (Å²) in [5.74, 6) is 1.25. The van der Waals surface area contributed by atoms with Crippen molar-refractivity contribution >= 4 is 34.5 Å². The molecule has 178 valence electrons. The van der Waals surface area contributed by atoms with E-state index in [1.165, 1.54) is 26.4 Å². The number of rotatable bonds is 8. The van der Waals surface area contributed by atoms with Crippen LogP contribution in [0, 0.1) is 6.92 Å². The van der Waals surface area contributed by atoms with Crippen molar-refractivity contribution in [1.29, 1.82) is 0 Å². The third-order valence-electron chi connectivity index (χ3n) is 5.02. The lowest BCUT2D eigenvalue weighted by molar-refractivity contribution is -0.143. The summed E-state index contributed by atoms with van der Waals surface area (Å²) in [5.41, 5.74) is 0.996. The van der Waals surface area contributed by atoms with Crippen LogP contribution < -0.4 is 9.47 Å². The first kappa shape index (κ1) is 25.3. The van der Waals surface area contributed by atoms with Crippen molar-refractivity contribution in [2.45, 2.75) is 36.2 Å². The van der Waals surface area contributed by atoms with Crippen LogP contribution in [0.15, 0.2) is 46.3 Å². The number of nitrogens with zero attached hydrogens (tertiary/aromatic N) is 1. The molecule has 0 aromatic heterocycles. The summed E-state index contributed by atoms with van der Waals surface area (Å²) in [7, 11) is 2.83. The molecule has 2 aromatic rings. The highest BCUT2D eigenvalue weighted by atomic mass is 32.2. The summed E-state index contributed by atoms with van der Waals surface area (Å²) in [4.78, 5) is 17.0. The number of aliphatic imine (C=N–C) groups is 1. The second kappa shape index (κ2) is 10.7. The molecule has 0 saturated carbocycles. The predicted molar refractivity (Wildman–Crippen MR) is 125 cm³/mol. The number of thioether (sulfide) groups is 2. The number of halogens is 3. The minimum atomic E-state index is -4.35. The van der Waals surface area contributed by atoms with Gasteiger partial charge in [-0.3, -0.25) is 4.99 Å². The van der Waals surface area contributed by atoms with Crippen molar-refractivity contribution in [2.75, 3.05) is 26.6 Å². The molecule has 0 amide bonds. The molecule has 0 fully saturated rings. The summed E-state index contributed by atoms with van der Waals surface area (Å²) >= 11 is 3.23. The third kappa shape index (κ3) is 6.38. The van der Waals surface area contributed by atoms with Crippen LogP contribution in [0.3, 0.4) is 0 Å². The third-order valence-corrected chi connectivity index (χ3v) is 7.93. The molecule has 0 radical (unpaired) electrons. The lowest BCUT2D eigenvalue weighted by Crippen LogP contribution is -2.16. The zero-order valence-corrected chi connectivity index (χ0v) is 20.2. The minimum absolute atomic E-state index is 0.0321. The highest BCUT2D eigenvalue weighted by molar-refractivity contribution is 8.16. The van der Waals surface area contributed by atoms with Gasteiger partial charge in [-0.1, -0.05) is 23.9 Å². The van der Waals surface area contributed by atoms with Crippen LogP contribution in [0.1, 0.15) is 23.6 Å². The Balaban J connectivity index is 1.64. The van der Waals surface area contributed by atoms with E-state index in [2.05, 4.69) is 9.73 Å². The highest BCUT2D eigenvalue weighted by Crippen LogP contribution is 2.39. The zero-order valence-electron chi connectivity index (χ0n) is 18.6. The van der Waals surface area contributed by atoms with Gasteiger partial charge >= 0.3 is 12.1 Å². The smallest absolute Gasteiger partial charge is 0.416 e. The summed E-state index contributed by atoms with van der Waals surface area (Å²) in [6.07, 6.45) is -4.35. The fourth-order valence-electron chi connectivity index (χ4n) is 3.10. The molecule has 1 aliphatic rings. The second-order valence-corrected chi connectivity index (χ2v) is 9.64. The van der Waals surface area contributed by atoms with Crippen LogP contribution in [0.25, 0.3) is 0 Å². The average Bonchev–Trinajstić information content (AvgIpc) is 3.16. The van der Waals surface area contributed by atoms with Gasteiger partial charge in [-0.05, 0) is 43.7 Å². The van der Waals surface area contributed by atoms with Crippen molar-refractivity contribution in [3.8, 4) is 11.5 Å². The molecule has 0 saturated heterocycles. The number of carbonyl (C=O) groups is 1. The number of carbonyl (C=O) groups excluding carboxylic acids is 1. The molecule has 3 rings (SSSR count). The molecule has 5 nitrogen and oxygen atoms in total. The number of aryl methyl sites for hydroxylation is 1. The van der Waals surface area contributed by atoms with Gasteiger partial charge in [0.25, 0.3) is 0 Å². The van der Waals surface area contributed by atoms with E-state index < -0.39 is 17.7 Å². The molecule has 1 aliphatic heterocycles. The van der Waals surface area contributed by atoms with Gasteiger partial charge in [-0.15, -0.1) is 11.8 Å². The maximum Gasteiger partial charge on any atom is 0.416 e. The predicted octanol–water partition coefficient (Wildman–Crippen LogP) is 5.62. The largest absolute Gasteiger partial charge is 0.493 e. The number of ether oxygens (including phenoxy) is 3. The second-order valence-electron chi connectivity index (χ2n) is 7.35. The average molecular weight is 500 g/mol. The molecule has 33 heavy (non-hydrogen) atoms. The van der Waals surface area contributed by atoms with Crippen LogP contribution in [0.2, 0.25) is 0 Å². The molecule has 0 spiro atoms. The topological polar surface area (TPSA) is 57.1 Å². The normalized spacial score (nSPS) is 18.1. The van der Waals surface area contributed by atoms with Gasteiger partial charge < -0.3 is 14.2 Å². The Kier molecular flexibility index (Phi) is 8.23. The fourth-order valence-corrected chi connectivity index (χ4v) is 5.72. The molecule has 0 aliphatic carbocycles. The Morgan fingerprint density at radius 1 is 1.15 bits per heavy atom. The van der Waals surface area contributed by atoms with Gasteiger partial charge in [0.05, 0.1) is 30.9 Å². The van der Waals surface area contributed by atoms with Gasteiger partial charge in [-0.25, -0.2) is 4.79 Å². The number of benzene rings is 2. The Bertz CT molecular complexity index is 1030. The Morgan fingerprint density at radius 2 is 1.85 bits per heavy atom. The lowest BCUT2D eigenvalue weighted by Gasteiger charge is -2.16. The number of methoxy groups -OCH3 is 2. The standard InChI is InChI=1S/C23H24F3NO4S2/c1-13-9-18(31-11-21(28)30-4)17(29-3)10-19(13)32-12-20-14(2)27-22(33-20)15-5-7-16(8-6-15)23(24,25)26/h5-10,14,20H,11-12H2,1-4H3. The summed E-state index contributed by atoms with van der Waals surface area (Å²) in [6, 6.07) is 8.84. The first-order valence-electron chi connectivity index (χ1n) is 10.1. The van der Waals surface area contributed by atoms with E-state index in [4.69, 9.17) is 9.47 Å². The van der Waals surface area contributed by atoms with E-state index in [1.54, 1.807) is 23.5 Å². The Morgan fingerprint density at radius 3 is 2.45 bits per heavy atom. The molecule has 10 heteroatoms. The number of hydrogen-bond donors (Lipinski definition) is 0. The summed E-state index contributed by atoms with van der Waals surface area (Å²) < 4.78 is 53.9. The highest BCUT2D eigenvalue weighted by Gasteiger charge is 2.31. The number of esters is 1. The van der Waals surface area contributed by atoms with Crippen LogP contribution in [0.4, 0.5) is 13.2 Å². The first-order chi connectivity index (χ1) is 15.6. The Hall–Kier alpha value is -2.33. The first-order valence-corrected chi connectivity index (χ1v) is 11.9. The van der Waals surface area contributed by atoms with Gasteiger partial charge in [0, 0.05) is 21.5 Å². The van der Waals surface area contributed by atoms with E-state index in [0.717, 1.165) is 33.4 Å². The van der Waals surface area contributed by atoms with Crippen LogP contribution in [-0.4, -0.2) is 48.9 Å². The molecule has 0 N–H and O–H groups in total. The quantitative estimate of drug-likeness (QED) is 0.347. The monoisotopic (exact) mass is 499 g/mol. The maximum absolute atomic E-state index is 12.8. The van der Waals surface area contributed by atoms with Crippen LogP contribution in [0.5, 0.6) is 11.5 Å². The van der Waals surface area contributed by atoms with E-state index in [0.29, 0.717) is 17.1 Å². The summed E-state index contributed by atoms with van der Waals surface area (Å²) in [6.45, 7) is 3.74. The van der Waals surface area contributed by atoms with E-state index in [9.17, 15) is 18.0 Å². The van der Waals surface area contributed by atoms with E-state index >= 15 is 0 Å². The van der Waals surface area contributed by atoms with Gasteiger partial charge in [0.1, 0.15) is 0 Å². The van der Waals surface area contributed by atoms with Crippen LogP contribution in [-0.2, 0) is 15.7 Å². The molecule has 2 aromatic carbocycles. The van der Waals surface area contributed by atoms with E-state index in [1.807, 2.05) is 26.0 Å². The van der Waals surface area contributed by atoms with Crippen molar-refractivity contribution in [1.82, 2.24) is 0 Å². The lowest BCUT2D eigenvalue weighted by atomic mass is 10.1. The Labute approximate surface area is 199 Å². The molecule has 2 unspecified atom stereocenters. The molecular weight excluding hydrogens is 475 g/mol. The number of alkyl halides is 3. The van der Waals surface area contributed by atoms with Crippen molar-refractivity contribution in [3.63, 3.8) is 0 Å². The SMILES string of the molecule is COC(=O)COc1cc(C)c(SCC2SC(c3ccc(C(F)(F)F)cc3)=NC2C)cc1OC. The molecular formula is C23H24F3NO4S2. The van der Waals surface area contributed by atoms with Gasteiger partial charge in [0.15, 0.2) is 18.1 Å². The van der Waals surface area contributed by atoms with Gasteiger partial charge in [0.2, 0.25) is 0 Å². The van der Waals surface area contributed by atoms with Crippen molar-refractivity contribution in [3.05, 3.63) is 53.1 Å². The number of hydrogen-bond acceptors (Lipinski definition) is 7. The van der Waals surface area contributed by atoms with Crippen molar-refractivity contribution in [2.24, 2.45) is 4.99 Å². The van der Waals surface area contributed by atoms with Gasteiger partial charge in [-0.2, -0.15) is 13.2 Å². The summed E-state index contributed by atoms with van der Waals surface area (Å²) in [5, 5.41) is 0.927. The maximum atomic E-state index is 12.8. The zero-order chi connectivity index (χ0) is 24.2. The molecule has 2 atom stereocenters. The van der Waals surface area contributed by atoms with Crippen LogP contribution >= 0.6 is 23.5 Å².